The third-order valence-corrected chi connectivity index (χ3v) is 2.77. The van der Waals surface area contributed by atoms with Gasteiger partial charge in [0.1, 0.15) is 12.7 Å². The second-order valence-corrected chi connectivity index (χ2v) is 5.14. The molecule has 9 nitrogen and oxygen atoms in total. The largest absolute Gasteiger partial charge is 0.396 e. The van der Waals surface area contributed by atoms with E-state index in [4.69, 9.17) is 5.11 Å². The fraction of sp³-hybridized carbons (Fsp3) is 0.583. The van der Waals surface area contributed by atoms with Gasteiger partial charge < -0.3 is 15.7 Å². The maximum atomic E-state index is 9.10. The van der Waals surface area contributed by atoms with E-state index in [0.717, 1.165) is 0 Å². The van der Waals surface area contributed by atoms with E-state index in [0.29, 0.717) is 30.8 Å². The van der Waals surface area contributed by atoms with Crippen LogP contribution in [0.4, 0.5) is 11.9 Å². The molecule has 2 heterocycles. The van der Waals surface area contributed by atoms with Crippen molar-refractivity contribution in [2.45, 2.75) is 32.7 Å². The van der Waals surface area contributed by atoms with Gasteiger partial charge in [0, 0.05) is 18.7 Å². The minimum absolute atomic E-state index is 0.0844. The van der Waals surface area contributed by atoms with Gasteiger partial charge >= 0.3 is 0 Å². The lowest BCUT2D eigenvalue weighted by molar-refractivity contribution is 0.260. The highest BCUT2D eigenvalue weighted by molar-refractivity contribution is 5.39. The van der Waals surface area contributed by atoms with E-state index in [-0.39, 0.29) is 12.1 Å². The fourth-order valence-corrected chi connectivity index (χ4v) is 1.72. The topological polar surface area (TPSA) is 114 Å². The summed E-state index contributed by atoms with van der Waals surface area (Å²) >= 11 is 0. The number of rotatable bonds is 7. The molecule has 0 atom stereocenters. The highest BCUT2D eigenvalue weighted by Crippen LogP contribution is 2.16. The molecule has 114 valence electrons. The zero-order chi connectivity index (χ0) is 15.3. The van der Waals surface area contributed by atoms with Crippen molar-refractivity contribution in [2.24, 2.45) is 0 Å². The fourth-order valence-electron chi connectivity index (χ4n) is 1.72. The van der Waals surface area contributed by atoms with E-state index in [1.54, 1.807) is 0 Å². The maximum Gasteiger partial charge on any atom is 0.258 e. The van der Waals surface area contributed by atoms with Crippen LogP contribution in [0.25, 0.3) is 5.95 Å². The van der Waals surface area contributed by atoms with Crippen LogP contribution in [0.15, 0.2) is 12.7 Å². The lowest BCUT2D eigenvalue weighted by atomic mass is 10.0. The molecule has 3 N–H and O–H groups in total. The van der Waals surface area contributed by atoms with Crippen LogP contribution in [-0.4, -0.2) is 53.5 Å². The molecule has 0 unspecified atom stereocenters. The summed E-state index contributed by atoms with van der Waals surface area (Å²) in [4.78, 5) is 16.8. The van der Waals surface area contributed by atoms with E-state index in [1.807, 2.05) is 20.8 Å². The molecule has 0 aliphatic heterocycles. The third kappa shape index (κ3) is 4.09. The lowest BCUT2D eigenvalue weighted by Gasteiger charge is -2.25. The predicted molar refractivity (Wildman–Crippen MR) is 78.3 cm³/mol. The van der Waals surface area contributed by atoms with Gasteiger partial charge in [0.15, 0.2) is 0 Å². The minimum atomic E-state index is -0.334. The zero-order valence-corrected chi connectivity index (χ0v) is 12.4. The van der Waals surface area contributed by atoms with Gasteiger partial charge in [-0.15, -0.1) is 0 Å². The van der Waals surface area contributed by atoms with Crippen molar-refractivity contribution in [3.63, 3.8) is 0 Å². The Bertz CT molecular complexity index is 569. The Kier molecular flexibility index (Phi) is 4.63. The van der Waals surface area contributed by atoms with Crippen molar-refractivity contribution in [2.75, 3.05) is 23.8 Å². The molecule has 21 heavy (non-hydrogen) atoms. The van der Waals surface area contributed by atoms with Gasteiger partial charge in [-0.1, -0.05) is 0 Å². The Labute approximate surface area is 122 Å². The number of nitrogens with one attached hydrogen (secondary N) is 2. The van der Waals surface area contributed by atoms with Gasteiger partial charge in [-0.05, 0) is 27.2 Å². The Morgan fingerprint density at radius 3 is 2.62 bits per heavy atom. The monoisotopic (exact) mass is 292 g/mol. The molecule has 2 aromatic rings. The quantitative estimate of drug-likeness (QED) is 0.674. The molecule has 0 radical (unpaired) electrons. The van der Waals surface area contributed by atoms with Crippen molar-refractivity contribution in [3.8, 4) is 5.95 Å². The summed E-state index contributed by atoms with van der Waals surface area (Å²) in [6, 6.07) is 0. The summed E-state index contributed by atoms with van der Waals surface area (Å²) in [7, 11) is 0. The van der Waals surface area contributed by atoms with Crippen LogP contribution in [0.1, 0.15) is 27.2 Å². The first-order valence-corrected chi connectivity index (χ1v) is 6.78. The Morgan fingerprint density at radius 1 is 1.24 bits per heavy atom. The Hall–Kier alpha value is -2.29. The molecule has 0 fully saturated rings. The molecule has 2 aromatic heterocycles. The molecular formula is C12H20N8O. The summed E-state index contributed by atoms with van der Waals surface area (Å²) in [5.41, 5.74) is -0.334. The molecule has 0 amide bonds. The maximum absolute atomic E-state index is 9.10. The summed E-state index contributed by atoms with van der Waals surface area (Å²) in [5, 5.41) is 19.4. The van der Waals surface area contributed by atoms with Gasteiger partial charge in [0.05, 0.1) is 0 Å². The van der Waals surface area contributed by atoms with Crippen LogP contribution in [0, 0.1) is 0 Å². The number of aromatic nitrogens is 6. The zero-order valence-electron chi connectivity index (χ0n) is 12.4. The predicted octanol–water partition coefficient (Wildman–Crippen LogP) is 0.457. The first-order chi connectivity index (χ1) is 10.0. The standard InChI is InChI=1S/C12H20N8O/c1-4-14-9-16-10(19-12(2,3)5-6-21)18-11(17-9)20-8-13-7-15-20/h7-8,21H,4-6H2,1-3H3,(H2,14,16,17,18,19). The number of hydrogen-bond donors (Lipinski definition) is 3. The van der Waals surface area contributed by atoms with Gasteiger partial charge in [0.2, 0.25) is 11.9 Å². The van der Waals surface area contributed by atoms with Crippen molar-refractivity contribution in [3.05, 3.63) is 12.7 Å². The molecule has 0 saturated heterocycles. The average molecular weight is 292 g/mol. The molecule has 0 aromatic carbocycles. The van der Waals surface area contributed by atoms with E-state index in [1.165, 1.54) is 17.3 Å². The van der Waals surface area contributed by atoms with E-state index in [9.17, 15) is 0 Å². The average Bonchev–Trinajstić information content (AvgIpc) is 2.91. The van der Waals surface area contributed by atoms with Crippen LogP contribution < -0.4 is 10.6 Å². The number of aliphatic hydroxyl groups is 1. The Morgan fingerprint density at radius 2 is 2.00 bits per heavy atom. The number of anilines is 2. The molecule has 0 saturated carbocycles. The third-order valence-electron chi connectivity index (χ3n) is 2.77. The van der Waals surface area contributed by atoms with Crippen LogP contribution in [0.5, 0.6) is 0 Å². The molecule has 0 bridgehead atoms. The molecule has 0 aliphatic carbocycles. The second kappa shape index (κ2) is 6.44. The first-order valence-electron chi connectivity index (χ1n) is 6.78. The lowest BCUT2D eigenvalue weighted by Crippen LogP contribution is -2.33. The molecule has 0 aliphatic rings. The normalized spacial score (nSPS) is 11.4. The summed E-state index contributed by atoms with van der Waals surface area (Å²) in [5.74, 6) is 1.26. The first kappa shape index (κ1) is 15.1. The number of nitrogens with zero attached hydrogens (tertiary/aromatic N) is 6. The van der Waals surface area contributed by atoms with Crippen molar-refractivity contribution in [1.82, 2.24) is 29.7 Å². The second-order valence-electron chi connectivity index (χ2n) is 5.14. The number of hydrogen-bond acceptors (Lipinski definition) is 8. The van der Waals surface area contributed by atoms with Gasteiger partial charge in [-0.2, -0.15) is 24.7 Å². The molecular weight excluding hydrogens is 272 g/mol. The Balaban J connectivity index is 2.32. The van der Waals surface area contributed by atoms with Crippen molar-refractivity contribution in [1.29, 1.82) is 0 Å². The van der Waals surface area contributed by atoms with Gasteiger partial charge in [0.25, 0.3) is 5.95 Å². The summed E-state index contributed by atoms with van der Waals surface area (Å²) in [6.07, 6.45) is 3.51. The highest BCUT2D eigenvalue weighted by atomic mass is 16.3. The van der Waals surface area contributed by atoms with E-state index < -0.39 is 0 Å². The van der Waals surface area contributed by atoms with Gasteiger partial charge in [-0.25, -0.2) is 4.98 Å². The highest BCUT2D eigenvalue weighted by Gasteiger charge is 2.19. The SMILES string of the molecule is CCNc1nc(NC(C)(C)CCO)nc(-n2cncn2)n1. The smallest absolute Gasteiger partial charge is 0.258 e. The van der Waals surface area contributed by atoms with Crippen molar-refractivity contribution < 1.29 is 5.11 Å². The minimum Gasteiger partial charge on any atom is -0.396 e. The van der Waals surface area contributed by atoms with Crippen molar-refractivity contribution >= 4 is 11.9 Å². The molecule has 2 rings (SSSR count). The van der Waals surface area contributed by atoms with E-state index in [2.05, 4.69) is 35.7 Å². The van der Waals surface area contributed by atoms with Crippen LogP contribution in [0.2, 0.25) is 0 Å². The van der Waals surface area contributed by atoms with Crippen LogP contribution >= 0.6 is 0 Å². The van der Waals surface area contributed by atoms with Gasteiger partial charge in [-0.3, -0.25) is 0 Å². The van der Waals surface area contributed by atoms with Crippen LogP contribution in [0.3, 0.4) is 0 Å². The molecule has 0 spiro atoms. The van der Waals surface area contributed by atoms with Crippen LogP contribution in [-0.2, 0) is 0 Å². The summed E-state index contributed by atoms with van der Waals surface area (Å²) < 4.78 is 1.47. The summed E-state index contributed by atoms with van der Waals surface area (Å²) in [6.45, 7) is 6.67. The molecule has 9 heteroatoms. The number of aliphatic hydroxyl groups excluding tert-OH is 1. The van der Waals surface area contributed by atoms with E-state index >= 15 is 0 Å².